The number of hydrogen-bond donors (Lipinski definition) is 1. The summed E-state index contributed by atoms with van der Waals surface area (Å²) in [5.74, 6) is 0. The minimum atomic E-state index is -4.16. The van der Waals surface area contributed by atoms with E-state index in [-0.39, 0.29) is 6.42 Å². The maximum atomic E-state index is 11.8. The van der Waals surface area contributed by atoms with Crippen molar-refractivity contribution in [3.8, 4) is 0 Å². The molecule has 0 aromatic carbocycles. The van der Waals surface area contributed by atoms with E-state index in [0.29, 0.717) is 13.2 Å². The van der Waals surface area contributed by atoms with Crippen molar-refractivity contribution >= 4 is 0 Å². The van der Waals surface area contributed by atoms with Gasteiger partial charge in [-0.05, 0) is 12.8 Å². The highest BCUT2D eigenvalue weighted by molar-refractivity contribution is 4.65. The van der Waals surface area contributed by atoms with Crippen LogP contribution in [-0.4, -0.2) is 25.4 Å². The Balaban J connectivity index is 3.31. The molecule has 0 rings (SSSR count). The van der Waals surface area contributed by atoms with Crippen LogP contribution in [0.5, 0.6) is 0 Å². The van der Waals surface area contributed by atoms with Crippen molar-refractivity contribution in [3.05, 3.63) is 0 Å². The third kappa shape index (κ3) is 9.80. The lowest BCUT2D eigenvalue weighted by Crippen LogP contribution is -2.28. The number of rotatable bonds is 7. The van der Waals surface area contributed by atoms with Crippen LogP contribution in [0.25, 0.3) is 0 Å². The van der Waals surface area contributed by atoms with E-state index in [1.165, 1.54) is 0 Å². The molecule has 0 bridgehead atoms. The van der Waals surface area contributed by atoms with Gasteiger partial charge >= 0.3 is 6.18 Å². The second kappa shape index (κ2) is 7.06. The summed E-state index contributed by atoms with van der Waals surface area (Å²) in [5, 5.41) is 0. The molecule has 5 heteroatoms. The molecule has 0 heterocycles. The fourth-order valence-electron chi connectivity index (χ4n) is 0.983. The molecule has 2 nitrogen and oxygen atoms in total. The minimum absolute atomic E-state index is 0.267. The largest absolute Gasteiger partial charge is 0.390 e. The van der Waals surface area contributed by atoms with Crippen molar-refractivity contribution in [2.24, 2.45) is 5.73 Å². The molecule has 0 spiro atoms. The van der Waals surface area contributed by atoms with Crippen molar-refractivity contribution in [2.45, 2.75) is 44.8 Å². The van der Waals surface area contributed by atoms with Crippen LogP contribution in [0.1, 0.15) is 32.6 Å². The third-order valence-corrected chi connectivity index (χ3v) is 1.77. The van der Waals surface area contributed by atoms with Crippen LogP contribution in [0.4, 0.5) is 13.2 Å². The molecule has 0 saturated heterocycles. The molecule has 0 aromatic heterocycles. The zero-order valence-corrected chi connectivity index (χ0v) is 8.44. The number of unbranched alkanes of at least 4 members (excludes halogenated alkanes) is 1. The second-order valence-corrected chi connectivity index (χ2v) is 3.33. The number of nitrogens with two attached hydrogens (primary N) is 1. The predicted molar refractivity (Wildman–Crippen MR) is 49.0 cm³/mol. The summed E-state index contributed by atoms with van der Waals surface area (Å²) >= 11 is 0. The van der Waals surface area contributed by atoms with Gasteiger partial charge in [-0.3, -0.25) is 0 Å². The zero-order chi connectivity index (χ0) is 11.0. The Bertz CT molecular complexity index is 139. The Morgan fingerprint density at radius 1 is 1.29 bits per heavy atom. The summed E-state index contributed by atoms with van der Waals surface area (Å²) < 4.78 is 40.6. The van der Waals surface area contributed by atoms with Gasteiger partial charge < -0.3 is 10.5 Å². The molecule has 0 aromatic rings. The number of halogens is 3. The smallest absolute Gasteiger partial charge is 0.381 e. The maximum absolute atomic E-state index is 11.8. The van der Waals surface area contributed by atoms with Gasteiger partial charge in [0.05, 0.1) is 6.42 Å². The Labute approximate surface area is 82.6 Å². The van der Waals surface area contributed by atoms with Crippen LogP contribution < -0.4 is 5.73 Å². The highest BCUT2D eigenvalue weighted by Crippen LogP contribution is 2.21. The van der Waals surface area contributed by atoms with Crippen LogP contribution in [0.3, 0.4) is 0 Å². The summed E-state index contributed by atoms with van der Waals surface area (Å²) in [5.41, 5.74) is 5.27. The van der Waals surface area contributed by atoms with Crippen LogP contribution in [0.15, 0.2) is 0 Å². The summed E-state index contributed by atoms with van der Waals surface area (Å²) in [7, 11) is 0. The Morgan fingerprint density at radius 3 is 2.43 bits per heavy atom. The number of hydrogen-bond acceptors (Lipinski definition) is 2. The molecule has 86 valence electrons. The maximum Gasteiger partial charge on any atom is 0.390 e. The average Bonchev–Trinajstić information content (AvgIpc) is 2.00. The molecule has 14 heavy (non-hydrogen) atoms. The average molecular weight is 213 g/mol. The van der Waals surface area contributed by atoms with Crippen molar-refractivity contribution < 1.29 is 17.9 Å². The van der Waals surface area contributed by atoms with E-state index in [2.05, 4.69) is 0 Å². The van der Waals surface area contributed by atoms with E-state index in [1.54, 1.807) is 0 Å². The third-order valence-electron chi connectivity index (χ3n) is 1.77. The van der Waals surface area contributed by atoms with E-state index in [9.17, 15) is 13.2 Å². The monoisotopic (exact) mass is 213 g/mol. The van der Waals surface area contributed by atoms with Crippen molar-refractivity contribution in [1.82, 2.24) is 0 Å². The van der Waals surface area contributed by atoms with Gasteiger partial charge in [0.2, 0.25) is 0 Å². The first-order valence-electron chi connectivity index (χ1n) is 4.85. The molecule has 0 amide bonds. The fourth-order valence-corrected chi connectivity index (χ4v) is 0.983. The van der Waals surface area contributed by atoms with Gasteiger partial charge in [-0.25, -0.2) is 0 Å². The van der Waals surface area contributed by atoms with Gasteiger partial charge in [0.1, 0.15) is 0 Å². The molecule has 0 saturated carbocycles. The molecular weight excluding hydrogens is 195 g/mol. The highest BCUT2D eigenvalue weighted by Gasteiger charge is 2.29. The van der Waals surface area contributed by atoms with Crippen molar-refractivity contribution in [1.29, 1.82) is 0 Å². The first-order chi connectivity index (χ1) is 6.45. The summed E-state index contributed by atoms with van der Waals surface area (Å²) in [4.78, 5) is 0. The molecule has 1 atom stereocenters. The first-order valence-corrected chi connectivity index (χ1v) is 4.85. The Hall–Kier alpha value is -0.290. The molecule has 1 unspecified atom stereocenters. The van der Waals surface area contributed by atoms with Crippen LogP contribution in [0, 0.1) is 0 Å². The lowest BCUT2D eigenvalue weighted by Gasteiger charge is -2.13. The Morgan fingerprint density at radius 2 is 1.93 bits per heavy atom. The van der Waals surface area contributed by atoms with E-state index in [0.717, 1.165) is 12.8 Å². The van der Waals surface area contributed by atoms with Gasteiger partial charge in [-0.2, -0.15) is 13.2 Å². The van der Waals surface area contributed by atoms with Gasteiger partial charge in [-0.15, -0.1) is 0 Å². The summed E-state index contributed by atoms with van der Waals surface area (Å²) in [6, 6.07) is -0.836. The van der Waals surface area contributed by atoms with Crippen LogP contribution >= 0.6 is 0 Å². The van der Waals surface area contributed by atoms with Gasteiger partial charge in [0.15, 0.2) is 0 Å². The summed E-state index contributed by atoms with van der Waals surface area (Å²) in [6.07, 6.45) is -2.86. The number of alkyl halides is 3. The van der Waals surface area contributed by atoms with E-state index in [4.69, 9.17) is 10.5 Å². The molecule has 0 aliphatic carbocycles. The van der Waals surface area contributed by atoms with E-state index in [1.807, 2.05) is 6.92 Å². The van der Waals surface area contributed by atoms with E-state index < -0.39 is 18.6 Å². The van der Waals surface area contributed by atoms with Crippen LogP contribution in [0.2, 0.25) is 0 Å². The number of ether oxygens (including phenoxy) is 1. The van der Waals surface area contributed by atoms with Gasteiger partial charge in [0.25, 0.3) is 0 Å². The Kier molecular flexibility index (Phi) is 6.92. The molecular formula is C9H18F3NO. The lowest BCUT2D eigenvalue weighted by atomic mass is 10.1. The molecule has 0 aliphatic heterocycles. The topological polar surface area (TPSA) is 35.2 Å². The quantitative estimate of drug-likeness (QED) is 0.659. The minimum Gasteiger partial charge on any atom is -0.381 e. The summed E-state index contributed by atoms with van der Waals surface area (Å²) in [6.45, 7) is 2.95. The fraction of sp³-hybridized carbons (Fsp3) is 1.00. The van der Waals surface area contributed by atoms with Crippen molar-refractivity contribution in [3.63, 3.8) is 0 Å². The van der Waals surface area contributed by atoms with Crippen LogP contribution in [-0.2, 0) is 4.74 Å². The molecule has 0 fully saturated rings. The molecule has 0 radical (unpaired) electrons. The standard InChI is InChI=1S/C9H18F3NO/c1-2-3-5-14-6-4-8(13)7-9(10,11)12/h8H,2-7,13H2,1H3. The highest BCUT2D eigenvalue weighted by atomic mass is 19.4. The van der Waals surface area contributed by atoms with Crippen molar-refractivity contribution in [2.75, 3.05) is 13.2 Å². The van der Waals surface area contributed by atoms with E-state index >= 15 is 0 Å². The lowest BCUT2D eigenvalue weighted by molar-refractivity contribution is -0.139. The normalized spacial score (nSPS) is 14.4. The molecule has 0 aliphatic rings. The first kappa shape index (κ1) is 13.7. The predicted octanol–water partition coefficient (Wildman–Crippen LogP) is 2.47. The zero-order valence-electron chi connectivity index (χ0n) is 8.44. The second-order valence-electron chi connectivity index (χ2n) is 3.33. The SMILES string of the molecule is CCCCOCCC(N)CC(F)(F)F. The molecule has 2 N–H and O–H groups in total. The van der Waals surface area contributed by atoms with Gasteiger partial charge in [-0.1, -0.05) is 13.3 Å². The van der Waals surface area contributed by atoms with Gasteiger partial charge in [0, 0.05) is 19.3 Å².